The lowest BCUT2D eigenvalue weighted by Gasteiger charge is -2.26. The number of carbonyl (C=O) groups excluding carboxylic acids is 3. The number of nitrogens with two attached hydrogens (primary N) is 1. The van der Waals surface area contributed by atoms with Crippen LogP contribution in [0.5, 0.6) is 0 Å². The zero-order valence-electron chi connectivity index (χ0n) is 16.0. The van der Waals surface area contributed by atoms with Crippen molar-refractivity contribution in [3.8, 4) is 0 Å². The van der Waals surface area contributed by atoms with Crippen LogP contribution < -0.4 is 11.1 Å². The Morgan fingerprint density at radius 3 is 2.73 bits per heavy atom. The van der Waals surface area contributed by atoms with Gasteiger partial charge in [-0.15, -0.1) is 22.7 Å². The number of primary amides is 1. The lowest BCUT2D eigenvalue weighted by atomic mass is 10.0. The number of carbonyl (C=O) groups is 3. The number of nitrogens with one attached hydrogen (secondary N) is 1. The van der Waals surface area contributed by atoms with E-state index in [2.05, 4.69) is 5.32 Å². The summed E-state index contributed by atoms with van der Waals surface area (Å²) in [7, 11) is 0. The molecule has 0 atom stereocenters. The summed E-state index contributed by atoms with van der Waals surface area (Å²) in [4.78, 5) is 39.9. The SMILES string of the molecule is CCOC(=O)N1CCc2c(sc(NC(=O)c3sc4ccccc4c3Cl)c2C(N)=O)C1. The average molecular weight is 464 g/mol. The van der Waals surface area contributed by atoms with Gasteiger partial charge in [0.1, 0.15) is 9.88 Å². The number of nitrogens with zero attached hydrogens (tertiary/aromatic N) is 1. The minimum Gasteiger partial charge on any atom is -0.450 e. The molecule has 156 valence electrons. The molecular weight excluding hydrogens is 446 g/mol. The fourth-order valence-electron chi connectivity index (χ4n) is 3.44. The first-order valence-corrected chi connectivity index (χ1v) is 11.3. The van der Waals surface area contributed by atoms with E-state index in [0.29, 0.717) is 40.0 Å². The molecule has 0 bridgehead atoms. The number of rotatable bonds is 4. The van der Waals surface area contributed by atoms with Crippen LogP contribution in [0.2, 0.25) is 5.02 Å². The second-order valence-electron chi connectivity index (χ2n) is 6.64. The molecule has 2 aromatic heterocycles. The largest absolute Gasteiger partial charge is 0.450 e. The molecule has 3 heterocycles. The minimum atomic E-state index is -0.616. The summed E-state index contributed by atoms with van der Waals surface area (Å²) in [5.74, 6) is -1.01. The van der Waals surface area contributed by atoms with Crippen LogP contribution in [0, 0.1) is 0 Å². The molecule has 0 spiro atoms. The van der Waals surface area contributed by atoms with Gasteiger partial charge in [-0.05, 0) is 25.0 Å². The molecule has 10 heteroatoms. The summed E-state index contributed by atoms with van der Waals surface area (Å²) < 4.78 is 5.96. The molecule has 4 rings (SSSR count). The van der Waals surface area contributed by atoms with E-state index >= 15 is 0 Å². The van der Waals surface area contributed by atoms with E-state index in [1.807, 2.05) is 24.3 Å². The molecule has 0 aliphatic carbocycles. The van der Waals surface area contributed by atoms with E-state index in [-0.39, 0.29) is 6.61 Å². The van der Waals surface area contributed by atoms with Gasteiger partial charge < -0.3 is 20.7 Å². The third-order valence-electron chi connectivity index (χ3n) is 4.80. The maximum Gasteiger partial charge on any atom is 0.410 e. The summed E-state index contributed by atoms with van der Waals surface area (Å²) in [5.41, 5.74) is 6.68. The van der Waals surface area contributed by atoms with Crippen LogP contribution in [-0.4, -0.2) is 36.0 Å². The van der Waals surface area contributed by atoms with Crippen molar-refractivity contribution in [2.24, 2.45) is 5.73 Å². The maximum atomic E-state index is 12.9. The highest BCUT2D eigenvalue weighted by molar-refractivity contribution is 7.22. The van der Waals surface area contributed by atoms with Gasteiger partial charge in [0.2, 0.25) is 0 Å². The van der Waals surface area contributed by atoms with E-state index in [9.17, 15) is 14.4 Å². The number of anilines is 1. The van der Waals surface area contributed by atoms with Crippen LogP contribution in [0.1, 0.15) is 37.4 Å². The second kappa shape index (κ2) is 8.25. The van der Waals surface area contributed by atoms with Gasteiger partial charge in [0, 0.05) is 21.5 Å². The maximum absolute atomic E-state index is 12.9. The lowest BCUT2D eigenvalue weighted by Crippen LogP contribution is -2.36. The molecule has 30 heavy (non-hydrogen) atoms. The fourth-order valence-corrected chi connectivity index (χ4v) is 6.12. The van der Waals surface area contributed by atoms with E-state index in [1.165, 1.54) is 22.7 Å². The summed E-state index contributed by atoms with van der Waals surface area (Å²) >= 11 is 8.94. The van der Waals surface area contributed by atoms with Crippen LogP contribution in [0.15, 0.2) is 24.3 Å². The van der Waals surface area contributed by atoms with Crippen molar-refractivity contribution >= 4 is 67.3 Å². The van der Waals surface area contributed by atoms with E-state index < -0.39 is 17.9 Å². The predicted octanol–water partition coefficient (Wildman–Crippen LogP) is 4.48. The predicted molar refractivity (Wildman–Crippen MR) is 119 cm³/mol. The summed E-state index contributed by atoms with van der Waals surface area (Å²) in [6, 6.07) is 7.49. The van der Waals surface area contributed by atoms with Crippen LogP contribution in [0.4, 0.5) is 9.80 Å². The highest BCUT2D eigenvalue weighted by Crippen LogP contribution is 2.39. The van der Waals surface area contributed by atoms with Crippen molar-refractivity contribution in [3.63, 3.8) is 0 Å². The van der Waals surface area contributed by atoms with E-state index in [1.54, 1.807) is 11.8 Å². The van der Waals surface area contributed by atoms with Gasteiger partial charge in [-0.1, -0.05) is 29.8 Å². The Morgan fingerprint density at radius 1 is 1.27 bits per heavy atom. The number of amides is 3. The van der Waals surface area contributed by atoms with Gasteiger partial charge in [-0.2, -0.15) is 0 Å². The molecule has 7 nitrogen and oxygen atoms in total. The average Bonchev–Trinajstić information content (AvgIpc) is 3.25. The first-order chi connectivity index (χ1) is 14.4. The number of hydrogen-bond acceptors (Lipinski definition) is 6. The number of thiophene rings is 2. The first kappa shape index (κ1) is 20.6. The van der Waals surface area contributed by atoms with Crippen molar-refractivity contribution < 1.29 is 19.1 Å². The number of hydrogen-bond donors (Lipinski definition) is 2. The second-order valence-corrected chi connectivity index (χ2v) is 9.17. The van der Waals surface area contributed by atoms with Crippen molar-refractivity contribution in [3.05, 3.63) is 50.2 Å². The number of halogens is 1. The highest BCUT2D eigenvalue weighted by Gasteiger charge is 2.30. The number of ether oxygens (including phenoxy) is 1. The molecule has 1 aliphatic heterocycles. The van der Waals surface area contributed by atoms with Gasteiger partial charge in [0.25, 0.3) is 11.8 Å². The normalized spacial score (nSPS) is 13.2. The summed E-state index contributed by atoms with van der Waals surface area (Å²) in [6.07, 6.45) is 0.0578. The Morgan fingerprint density at radius 2 is 2.03 bits per heavy atom. The Kier molecular flexibility index (Phi) is 5.68. The van der Waals surface area contributed by atoms with Gasteiger partial charge in [0.15, 0.2) is 0 Å². The lowest BCUT2D eigenvalue weighted by molar-refractivity contribution is 0.0997. The van der Waals surface area contributed by atoms with Crippen molar-refractivity contribution in [2.75, 3.05) is 18.5 Å². The minimum absolute atomic E-state index is 0.288. The fraction of sp³-hybridized carbons (Fsp3) is 0.250. The molecule has 3 aromatic rings. The molecule has 3 N–H and O–H groups in total. The Balaban J connectivity index is 1.64. The molecule has 1 aliphatic rings. The first-order valence-electron chi connectivity index (χ1n) is 9.25. The van der Waals surface area contributed by atoms with Crippen molar-refractivity contribution in [1.82, 2.24) is 4.90 Å². The molecule has 0 radical (unpaired) electrons. The Labute approximate surface area is 185 Å². The topological polar surface area (TPSA) is 102 Å². The molecule has 0 saturated heterocycles. The zero-order valence-corrected chi connectivity index (χ0v) is 18.4. The van der Waals surface area contributed by atoms with Gasteiger partial charge >= 0.3 is 6.09 Å². The van der Waals surface area contributed by atoms with E-state index in [4.69, 9.17) is 22.1 Å². The molecule has 0 unspecified atom stereocenters. The van der Waals surface area contributed by atoms with Crippen LogP contribution in [0.25, 0.3) is 10.1 Å². The third-order valence-corrected chi connectivity index (χ3v) is 7.60. The molecule has 1 aromatic carbocycles. The molecular formula is C20H18ClN3O4S2. The van der Waals surface area contributed by atoms with Crippen LogP contribution >= 0.6 is 34.3 Å². The summed E-state index contributed by atoms with van der Waals surface area (Å²) in [6.45, 7) is 2.75. The zero-order chi connectivity index (χ0) is 21.4. The smallest absolute Gasteiger partial charge is 0.410 e. The number of fused-ring (bicyclic) bond motifs is 2. The molecule has 0 fully saturated rings. The third kappa shape index (κ3) is 3.64. The number of benzene rings is 1. The van der Waals surface area contributed by atoms with Crippen LogP contribution in [-0.2, 0) is 17.7 Å². The van der Waals surface area contributed by atoms with Gasteiger partial charge in [-0.25, -0.2) is 4.79 Å². The molecule has 0 saturated carbocycles. The van der Waals surface area contributed by atoms with E-state index in [0.717, 1.165) is 20.5 Å². The van der Waals surface area contributed by atoms with Gasteiger partial charge in [-0.3, -0.25) is 9.59 Å². The standard InChI is InChI=1S/C20H18ClN3O4S2/c1-2-28-20(27)24-8-7-10-13(9-24)30-19(14(10)17(22)25)23-18(26)16-15(21)11-5-3-4-6-12(11)29-16/h3-6H,2,7-9H2,1H3,(H2,22,25)(H,23,26). The quantitative estimate of drug-likeness (QED) is 0.595. The molecule has 3 amide bonds. The Bertz CT molecular complexity index is 1170. The Hall–Kier alpha value is -2.62. The van der Waals surface area contributed by atoms with Gasteiger partial charge in [0.05, 0.1) is 23.7 Å². The summed E-state index contributed by atoms with van der Waals surface area (Å²) in [5, 5.41) is 4.36. The monoisotopic (exact) mass is 463 g/mol. The van der Waals surface area contributed by atoms with Crippen LogP contribution in [0.3, 0.4) is 0 Å². The van der Waals surface area contributed by atoms with Crippen molar-refractivity contribution in [1.29, 1.82) is 0 Å². The van der Waals surface area contributed by atoms with Crippen molar-refractivity contribution in [2.45, 2.75) is 19.9 Å². The highest BCUT2D eigenvalue weighted by atomic mass is 35.5.